The normalized spacial score (nSPS) is 21.3. The number of nitrogens with zero attached hydrogens (tertiary/aromatic N) is 1. The van der Waals surface area contributed by atoms with E-state index in [9.17, 15) is 0 Å². The Morgan fingerprint density at radius 2 is 1.92 bits per heavy atom. The molecule has 126 valence electrons. The number of halogens is 1. The van der Waals surface area contributed by atoms with Crippen molar-refractivity contribution in [2.75, 3.05) is 23.8 Å². The number of hydrogen-bond donors (Lipinski definition) is 1. The van der Waals surface area contributed by atoms with Crippen LogP contribution in [0.2, 0.25) is 0 Å². The van der Waals surface area contributed by atoms with Gasteiger partial charge in [0.05, 0.1) is 6.04 Å². The zero-order chi connectivity index (χ0) is 16.9. The molecule has 0 amide bonds. The molecule has 2 nitrogen and oxygen atoms in total. The van der Waals surface area contributed by atoms with Crippen molar-refractivity contribution in [1.82, 2.24) is 0 Å². The fraction of sp³-hybridized carbons (Fsp3) is 0.429. The van der Waals surface area contributed by atoms with Crippen LogP contribution in [0.4, 0.5) is 11.4 Å². The molecular weight excluding hydrogens is 360 g/mol. The molecule has 0 saturated heterocycles. The molecule has 24 heavy (non-hydrogen) atoms. The zero-order valence-corrected chi connectivity index (χ0v) is 16.3. The Morgan fingerprint density at radius 1 is 1.12 bits per heavy atom. The molecule has 0 aromatic heterocycles. The highest BCUT2D eigenvalue weighted by molar-refractivity contribution is 9.10. The summed E-state index contributed by atoms with van der Waals surface area (Å²) in [5, 5.41) is 3.30. The minimum Gasteiger partial charge on any atom is -0.388 e. The van der Waals surface area contributed by atoms with Gasteiger partial charge < -0.3 is 10.2 Å². The van der Waals surface area contributed by atoms with Gasteiger partial charge in [-0.3, -0.25) is 0 Å². The van der Waals surface area contributed by atoms with Gasteiger partial charge in [0, 0.05) is 29.4 Å². The van der Waals surface area contributed by atoms with Crippen LogP contribution in [-0.4, -0.2) is 13.6 Å². The van der Waals surface area contributed by atoms with E-state index < -0.39 is 0 Å². The van der Waals surface area contributed by atoms with E-state index in [0.717, 1.165) is 13.0 Å². The van der Waals surface area contributed by atoms with E-state index in [0.29, 0.717) is 11.5 Å². The predicted molar refractivity (Wildman–Crippen MR) is 106 cm³/mol. The van der Waals surface area contributed by atoms with Crippen LogP contribution in [0.5, 0.6) is 0 Å². The molecular formula is C21H25BrN2. The molecule has 1 N–H and O–H groups in total. The Morgan fingerprint density at radius 3 is 2.71 bits per heavy atom. The van der Waals surface area contributed by atoms with Crippen molar-refractivity contribution in [3.05, 3.63) is 57.6 Å². The second kappa shape index (κ2) is 5.80. The topological polar surface area (TPSA) is 15.3 Å². The van der Waals surface area contributed by atoms with Crippen molar-refractivity contribution >= 4 is 27.3 Å². The van der Waals surface area contributed by atoms with E-state index in [2.05, 4.69) is 76.4 Å². The molecule has 1 heterocycles. The Kier molecular flexibility index (Phi) is 3.87. The fourth-order valence-corrected chi connectivity index (χ4v) is 4.79. The molecule has 0 bridgehead atoms. The first-order valence-electron chi connectivity index (χ1n) is 8.82. The van der Waals surface area contributed by atoms with Crippen molar-refractivity contribution in [2.24, 2.45) is 5.41 Å². The van der Waals surface area contributed by atoms with Crippen LogP contribution in [-0.2, 0) is 12.8 Å². The predicted octanol–water partition coefficient (Wildman–Crippen LogP) is 5.57. The number of fused-ring (bicyclic) bond motifs is 2. The van der Waals surface area contributed by atoms with Crippen molar-refractivity contribution in [3.8, 4) is 0 Å². The summed E-state index contributed by atoms with van der Waals surface area (Å²) in [5.41, 5.74) is 7.42. The lowest BCUT2D eigenvalue weighted by Gasteiger charge is -2.44. The summed E-state index contributed by atoms with van der Waals surface area (Å²) in [7, 11) is 2.00. The Bertz CT molecular complexity index is 781. The Hall–Kier alpha value is -1.48. The maximum Gasteiger partial charge on any atom is 0.0549 e. The van der Waals surface area contributed by atoms with Gasteiger partial charge in [0.2, 0.25) is 0 Å². The van der Waals surface area contributed by atoms with E-state index in [1.807, 2.05) is 7.05 Å². The summed E-state index contributed by atoms with van der Waals surface area (Å²) in [6.07, 6.45) is 3.55. The summed E-state index contributed by atoms with van der Waals surface area (Å²) >= 11 is 3.66. The van der Waals surface area contributed by atoms with Gasteiger partial charge in [-0.15, -0.1) is 0 Å². The molecule has 2 aromatic carbocycles. The van der Waals surface area contributed by atoms with Crippen LogP contribution in [0.15, 0.2) is 40.9 Å². The molecule has 1 aliphatic carbocycles. The van der Waals surface area contributed by atoms with Gasteiger partial charge in [-0.1, -0.05) is 41.9 Å². The molecule has 2 aromatic rings. The summed E-state index contributed by atoms with van der Waals surface area (Å²) in [4.78, 5) is 2.66. The van der Waals surface area contributed by atoms with Gasteiger partial charge in [-0.05, 0) is 65.6 Å². The quantitative estimate of drug-likeness (QED) is 0.727. The van der Waals surface area contributed by atoms with Crippen molar-refractivity contribution < 1.29 is 0 Å². The lowest BCUT2D eigenvalue weighted by molar-refractivity contribution is 0.333. The number of nitrogens with one attached hydrogen (secondary N) is 1. The van der Waals surface area contributed by atoms with E-state index in [1.54, 1.807) is 0 Å². The molecule has 2 aliphatic rings. The van der Waals surface area contributed by atoms with Crippen LogP contribution in [0.25, 0.3) is 0 Å². The minimum absolute atomic E-state index is 0.308. The molecule has 1 aliphatic heterocycles. The Balaban J connectivity index is 1.80. The average molecular weight is 385 g/mol. The smallest absolute Gasteiger partial charge is 0.0549 e. The van der Waals surface area contributed by atoms with Crippen LogP contribution in [0, 0.1) is 5.41 Å². The molecule has 3 heteroatoms. The zero-order valence-electron chi connectivity index (χ0n) is 14.7. The maximum absolute atomic E-state index is 3.66. The summed E-state index contributed by atoms with van der Waals surface area (Å²) in [6.45, 7) is 5.90. The number of rotatable bonds is 2. The van der Waals surface area contributed by atoms with E-state index in [4.69, 9.17) is 0 Å². The second-order valence-corrected chi connectivity index (χ2v) is 8.88. The standard InChI is InChI=1S/C21H25BrN2/c1-21(2)12-15-5-8-17(23-3)11-20(15)24(13-21)19-9-6-14-4-7-16(22)10-18(14)19/h4-5,7-8,10-11,19,23H,6,9,12-13H2,1-3H3. The largest absolute Gasteiger partial charge is 0.388 e. The highest BCUT2D eigenvalue weighted by Gasteiger charge is 2.36. The van der Waals surface area contributed by atoms with Gasteiger partial charge in [-0.2, -0.15) is 0 Å². The molecule has 0 fully saturated rings. The number of hydrogen-bond acceptors (Lipinski definition) is 2. The van der Waals surface area contributed by atoms with Crippen LogP contribution >= 0.6 is 15.9 Å². The van der Waals surface area contributed by atoms with E-state index in [1.165, 1.54) is 45.4 Å². The van der Waals surface area contributed by atoms with Crippen molar-refractivity contribution in [1.29, 1.82) is 0 Å². The lowest BCUT2D eigenvalue weighted by Crippen LogP contribution is -2.42. The van der Waals surface area contributed by atoms with Crippen LogP contribution < -0.4 is 10.2 Å². The minimum atomic E-state index is 0.308. The first kappa shape index (κ1) is 16.0. The Labute approximate surface area is 153 Å². The number of aryl methyl sites for hydroxylation is 1. The second-order valence-electron chi connectivity index (χ2n) is 7.96. The molecule has 1 unspecified atom stereocenters. The van der Waals surface area contributed by atoms with Crippen LogP contribution in [0.3, 0.4) is 0 Å². The number of anilines is 2. The van der Waals surface area contributed by atoms with Gasteiger partial charge in [0.15, 0.2) is 0 Å². The maximum atomic E-state index is 3.66. The molecule has 1 atom stereocenters. The van der Waals surface area contributed by atoms with Gasteiger partial charge in [0.1, 0.15) is 0 Å². The summed E-state index contributed by atoms with van der Waals surface area (Å²) < 4.78 is 1.19. The highest BCUT2D eigenvalue weighted by atomic mass is 79.9. The van der Waals surface area contributed by atoms with E-state index in [-0.39, 0.29) is 0 Å². The molecule has 0 radical (unpaired) electrons. The average Bonchev–Trinajstić information content (AvgIpc) is 2.95. The van der Waals surface area contributed by atoms with E-state index >= 15 is 0 Å². The summed E-state index contributed by atoms with van der Waals surface area (Å²) in [6, 6.07) is 14.1. The van der Waals surface area contributed by atoms with Gasteiger partial charge >= 0.3 is 0 Å². The monoisotopic (exact) mass is 384 g/mol. The van der Waals surface area contributed by atoms with Gasteiger partial charge in [0.25, 0.3) is 0 Å². The lowest BCUT2D eigenvalue weighted by atomic mass is 9.80. The summed E-state index contributed by atoms with van der Waals surface area (Å²) in [5.74, 6) is 0. The van der Waals surface area contributed by atoms with Crippen molar-refractivity contribution in [2.45, 2.75) is 39.2 Å². The number of benzene rings is 2. The van der Waals surface area contributed by atoms with Crippen LogP contribution in [0.1, 0.15) is 43.0 Å². The SMILES string of the molecule is CNc1ccc2c(c1)N(C1CCc3ccc(Br)cc31)CC(C)(C)C2. The first-order chi connectivity index (χ1) is 11.5. The third-order valence-corrected chi connectivity index (χ3v) is 5.97. The first-order valence-corrected chi connectivity index (χ1v) is 9.62. The molecule has 0 spiro atoms. The third kappa shape index (κ3) is 2.73. The van der Waals surface area contributed by atoms with Gasteiger partial charge in [-0.25, -0.2) is 0 Å². The molecule has 4 rings (SSSR count). The van der Waals surface area contributed by atoms with Crippen molar-refractivity contribution in [3.63, 3.8) is 0 Å². The molecule has 0 saturated carbocycles. The third-order valence-electron chi connectivity index (χ3n) is 5.48. The fourth-order valence-electron chi connectivity index (χ4n) is 4.41. The highest BCUT2D eigenvalue weighted by Crippen LogP contribution is 2.46.